The van der Waals surface area contributed by atoms with E-state index in [1.807, 2.05) is 24.3 Å². The summed E-state index contributed by atoms with van der Waals surface area (Å²) in [5.74, 6) is 1.05. The Morgan fingerprint density at radius 2 is 1.59 bits per heavy atom. The average molecular weight is 393 g/mol. The molecule has 2 aliphatic rings. The molecule has 2 aromatic rings. The fourth-order valence-electron chi connectivity index (χ4n) is 4.97. The first-order valence-electron chi connectivity index (χ1n) is 10.7. The van der Waals surface area contributed by atoms with Gasteiger partial charge in [-0.05, 0) is 62.9 Å². The molecule has 2 heterocycles. The van der Waals surface area contributed by atoms with E-state index in [2.05, 4.69) is 48.0 Å². The number of carbonyl (C=O) groups excluding carboxylic acids is 1. The highest BCUT2D eigenvalue weighted by Gasteiger charge is 2.41. The second-order valence-corrected chi connectivity index (χ2v) is 8.71. The predicted molar refractivity (Wildman–Crippen MR) is 116 cm³/mol. The Labute approximate surface area is 174 Å². The monoisotopic (exact) mass is 392 g/mol. The van der Waals surface area contributed by atoms with Crippen molar-refractivity contribution in [2.75, 3.05) is 14.2 Å². The molecule has 2 saturated heterocycles. The fourth-order valence-corrected chi connectivity index (χ4v) is 4.97. The molecule has 2 bridgehead atoms. The van der Waals surface area contributed by atoms with Crippen molar-refractivity contribution < 1.29 is 9.53 Å². The zero-order valence-corrected chi connectivity index (χ0v) is 17.8. The molecule has 0 unspecified atom stereocenters. The number of ether oxygens (including phenoxy) is 1. The van der Waals surface area contributed by atoms with Crippen LogP contribution in [0.2, 0.25) is 0 Å². The van der Waals surface area contributed by atoms with Gasteiger partial charge >= 0.3 is 0 Å². The van der Waals surface area contributed by atoms with Crippen LogP contribution >= 0.6 is 0 Å². The lowest BCUT2D eigenvalue weighted by Crippen LogP contribution is -2.50. The van der Waals surface area contributed by atoms with E-state index in [9.17, 15) is 4.79 Å². The molecule has 4 nitrogen and oxygen atoms in total. The van der Waals surface area contributed by atoms with Gasteiger partial charge in [-0.25, -0.2) is 0 Å². The van der Waals surface area contributed by atoms with Crippen molar-refractivity contribution in [3.8, 4) is 5.75 Å². The summed E-state index contributed by atoms with van der Waals surface area (Å²) in [6.07, 6.45) is 5.16. The van der Waals surface area contributed by atoms with Gasteiger partial charge in [-0.2, -0.15) is 0 Å². The zero-order valence-electron chi connectivity index (χ0n) is 17.8. The van der Waals surface area contributed by atoms with Crippen LogP contribution in [0.25, 0.3) is 0 Å². The van der Waals surface area contributed by atoms with Gasteiger partial charge in [0.25, 0.3) is 0 Å². The number of hydrogen-bond donors (Lipinski definition) is 0. The van der Waals surface area contributed by atoms with E-state index in [0.29, 0.717) is 31.1 Å². The Morgan fingerprint density at radius 3 is 2.17 bits per heavy atom. The summed E-state index contributed by atoms with van der Waals surface area (Å²) in [5.41, 5.74) is 3.51. The first-order chi connectivity index (χ1) is 14.0. The van der Waals surface area contributed by atoms with Crippen LogP contribution in [-0.2, 0) is 17.8 Å². The molecule has 3 atom stereocenters. The number of methoxy groups -OCH3 is 1. The molecule has 2 fully saturated rings. The van der Waals surface area contributed by atoms with Crippen LogP contribution in [0, 0.1) is 6.92 Å². The summed E-state index contributed by atoms with van der Waals surface area (Å²) in [7, 11) is 3.92. The lowest BCUT2D eigenvalue weighted by Gasteiger charge is -2.42. The smallest absolute Gasteiger partial charge is 0.227 e. The summed E-state index contributed by atoms with van der Waals surface area (Å²) in [6.45, 7) is 2.80. The Kier molecular flexibility index (Phi) is 5.91. The van der Waals surface area contributed by atoms with Crippen molar-refractivity contribution in [3.05, 3.63) is 65.2 Å². The van der Waals surface area contributed by atoms with Gasteiger partial charge < -0.3 is 14.5 Å². The van der Waals surface area contributed by atoms with Crippen LogP contribution in [0.5, 0.6) is 5.75 Å². The SMILES string of the molecule is COc1ccc(CC(=O)N(Cc2ccc(C)cc2)[C@@H]2C[C@H]3CC[C@@H](C2)N3C)cc1. The number of hydrogen-bond acceptors (Lipinski definition) is 3. The fraction of sp³-hybridized carbons (Fsp3) is 0.480. The van der Waals surface area contributed by atoms with Crippen molar-refractivity contribution in [2.24, 2.45) is 0 Å². The predicted octanol–water partition coefficient (Wildman–Crippen LogP) is 4.20. The standard InChI is InChI=1S/C25H32N2O2/c1-18-4-6-20(7-5-18)17-27(23-15-21-10-11-22(16-23)26(21)2)25(28)14-19-8-12-24(29-3)13-9-19/h4-9,12-13,21-23H,10-11,14-17H2,1-3H3/t21-,22+,23-. The van der Waals surface area contributed by atoms with Gasteiger partial charge in [-0.1, -0.05) is 42.0 Å². The second kappa shape index (κ2) is 8.58. The molecule has 2 aromatic carbocycles. The third-order valence-electron chi connectivity index (χ3n) is 6.82. The van der Waals surface area contributed by atoms with Gasteiger partial charge in [-0.3, -0.25) is 4.79 Å². The van der Waals surface area contributed by atoms with Gasteiger partial charge in [0.05, 0.1) is 13.5 Å². The Balaban J connectivity index is 1.53. The quantitative estimate of drug-likeness (QED) is 0.739. The van der Waals surface area contributed by atoms with Crippen molar-refractivity contribution in [1.82, 2.24) is 9.80 Å². The summed E-state index contributed by atoms with van der Waals surface area (Å²) < 4.78 is 5.25. The number of aryl methyl sites for hydroxylation is 1. The molecule has 0 aromatic heterocycles. The molecule has 1 amide bonds. The minimum absolute atomic E-state index is 0.227. The molecule has 0 saturated carbocycles. The maximum absolute atomic E-state index is 13.4. The maximum atomic E-state index is 13.4. The second-order valence-electron chi connectivity index (χ2n) is 8.71. The maximum Gasteiger partial charge on any atom is 0.227 e. The number of benzene rings is 2. The zero-order chi connectivity index (χ0) is 20.4. The molecule has 29 heavy (non-hydrogen) atoms. The van der Waals surface area contributed by atoms with Crippen LogP contribution in [0.3, 0.4) is 0 Å². The average Bonchev–Trinajstić information content (AvgIpc) is 2.93. The van der Waals surface area contributed by atoms with E-state index in [1.165, 1.54) is 24.0 Å². The van der Waals surface area contributed by atoms with Gasteiger partial charge in [-0.15, -0.1) is 0 Å². The molecule has 154 valence electrons. The van der Waals surface area contributed by atoms with Crippen LogP contribution in [0.4, 0.5) is 0 Å². The molecular formula is C25H32N2O2. The lowest BCUT2D eigenvalue weighted by atomic mass is 9.95. The van der Waals surface area contributed by atoms with Gasteiger partial charge in [0.1, 0.15) is 5.75 Å². The van der Waals surface area contributed by atoms with E-state index in [-0.39, 0.29) is 5.91 Å². The van der Waals surface area contributed by atoms with Crippen molar-refractivity contribution in [2.45, 2.75) is 63.7 Å². The molecule has 4 rings (SSSR count). The normalized spacial score (nSPS) is 23.8. The highest BCUT2D eigenvalue weighted by Crippen LogP contribution is 2.37. The van der Waals surface area contributed by atoms with E-state index >= 15 is 0 Å². The van der Waals surface area contributed by atoms with Crippen molar-refractivity contribution in [1.29, 1.82) is 0 Å². The van der Waals surface area contributed by atoms with E-state index in [1.54, 1.807) is 7.11 Å². The number of piperidine rings is 1. The molecule has 0 spiro atoms. The third kappa shape index (κ3) is 4.48. The molecular weight excluding hydrogens is 360 g/mol. The molecule has 0 N–H and O–H groups in total. The summed E-state index contributed by atoms with van der Waals surface area (Å²) in [4.78, 5) is 18.1. The van der Waals surface area contributed by atoms with E-state index in [0.717, 1.165) is 24.2 Å². The van der Waals surface area contributed by atoms with E-state index < -0.39 is 0 Å². The van der Waals surface area contributed by atoms with Crippen LogP contribution in [0.1, 0.15) is 42.4 Å². The van der Waals surface area contributed by atoms with Gasteiger partial charge in [0.15, 0.2) is 0 Å². The van der Waals surface area contributed by atoms with Gasteiger partial charge in [0.2, 0.25) is 5.91 Å². The number of carbonyl (C=O) groups is 1. The Bertz CT molecular complexity index is 817. The molecule has 2 aliphatic heterocycles. The highest BCUT2D eigenvalue weighted by atomic mass is 16.5. The van der Waals surface area contributed by atoms with Crippen LogP contribution < -0.4 is 4.74 Å². The van der Waals surface area contributed by atoms with Gasteiger partial charge in [0, 0.05) is 24.7 Å². The van der Waals surface area contributed by atoms with Crippen LogP contribution in [0.15, 0.2) is 48.5 Å². The first kappa shape index (κ1) is 20.0. The van der Waals surface area contributed by atoms with Crippen LogP contribution in [-0.4, -0.2) is 48.0 Å². The van der Waals surface area contributed by atoms with E-state index in [4.69, 9.17) is 4.74 Å². The minimum atomic E-state index is 0.227. The minimum Gasteiger partial charge on any atom is -0.497 e. The topological polar surface area (TPSA) is 32.8 Å². The number of fused-ring (bicyclic) bond motifs is 2. The van der Waals surface area contributed by atoms with Crippen molar-refractivity contribution in [3.63, 3.8) is 0 Å². The molecule has 0 aliphatic carbocycles. The third-order valence-corrected chi connectivity index (χ3v) is 6.82. The Hall–Kier alpha value is -2.33. The molecule has 4 heteroatoms. The largest absolute Gasteiger partial charge is 0.497 e. The number of rotatable bonds is 6. The molecule has 0 radical (unpaired) electrons. The number of nitrogens with zero attached hydrogens (tertiary/aromatic N) is 2. The lowest BCUT2D eigenvalue weighted by molar-refractivity contribution is -0.135. The van der Waals surface area contributed by atoms with Crippen molar-refractivity contribution >= 4 is 5.91 Å². The summed E-state index contributed by atoms with van der Waals surface area (Å²) in [5, 5.41) is 0. The summed E-state index contributed by atoms with van der Waals surface area (Å²) >= 11 is 0. The highest BCUT2D eigenvalue weighted by molar-refractivity contribution is 5.79. The Morgan fingerprint density at radius 1 is 1.00 bits per heavy atom. The first-order valence-corrected chi connectivity index (χ1v) is 10.7. The summed E-state index contributed by atoms with van der Waals surface area (Å²) in [6, 6.07) is 18.0. The number of amides is 1.